The quantitative estimate of drug-likeness (QED) is 0.0314. The first kappa shape index (κ1) is 87.6. The molecule has 0 aromatic carbocycles. The van der Waals surface area contributed by atoms with Crippen molar-refractivity contribution in [1.29, 1.82) is 0 Å². The van der Waals surface area contributed by atoms with Crippen LogP contribution in [0.1, 0.15) is 39.5 Å². The van der Waals surface area contributed by atoms with Gasteiger partial charge in [0, 0.05) is 6.92 Å². The first-order chi connectivity index (χ1) is 17.7. The van der Waals surface area contributed by atoms with Gasteiger partial charge in [0.1, 0.15) is 0 Å². The SMILES string of the molecule is CC(=O)OC(=O)C(CC(=O)OC(=O)O)(CC(=O)OC(=O)O)OC(=O)C(C)OP(=O)(O)OP(=O)(O)O.Cl.O=P(O)(O)O.[H-].[H-].[H-].[H-].[H-].[H-].[H-].[H-].[H-].[Na+].[Na+].[Na+].[Na+].[Na+].[Na+].[Na+].[Na+].[Na+]. The van der Waals surface area contributed by atoms with Gasteiger partial charge in [0.05, 0.1) is 12.8 Å². The number of hydrogen-bond acceptors (Lipinski definition) is 16. The van der Waals surface area contributed by atoms with Crippen LogP contribution >= 0.6 is 35.9 Å². The Labute approximate surface area is 500 Å². The van der Waals surface area contributed by atoms with Crippen LogP contribution in [0.15, 0.2) is 0 Å². The second kappa shape index (κ2) is 41.9. The van der Waals surface area contributed by atoms with Gasteiger partial charge in [0.25, 0.3) is 0 Å². The second-order valence-corrected chi connectivity index (χ2v) is 10.2. The number of hydrogen-bond donors (Lipinski definition) is 8. The summed E-state index contributed by atoms with van der Waals surface area (Å²) in [5, 5.41) is 17.0. The molecule has 0 amide bonds. The Morgan fingerprint density at radius 1 is 0.660 bits per heavy atom. The molecule has 2 unspecified atom stereocenters. The third kappa shape index (κ3) is 52.2. The molecule has 0 aliphatic rings. The van der Waals surface area contributed by atoms with E-state index in [0.29, 0.717) is 13.8 Å². The number of phosphoric ester groups is 1. The van der Waals surface area contributed by atoms with E-state index in [2.05, 4.69) is 27.8 Å². The van der Waals surface area contributed by atoms with E-state index in [0.717, 1.165) is 0 Å². The Hall–Kier alpha value is 6.15. The predicted molar refractivity (Wildman–Crippen MR) is 128 cm³/mol. The molecule has 0 spiro atoms. The average molecular weight is 905 g/mol. The van der Waals surface area contributed by atoms with Crippen molar-refractivity contribution in [2.75, 3.05) is 0 Å². The van der Waals surface area contributed by atoms with Gasteiger partial charge < -0.3 is 71.4 Å². The van der Waals surface area contributed by atoms with Crippen LogP contribution in [0.5, 0.6) is 0 Å². The van der Waals surface area contributed by atoms with Gasteiger partial charge >= 0.3 is 332 Å². The van der Waals surface area contributed by atoms with Crippen molar-refractivity contribution in [1.82, 2.24) is 0 Å². The number of rotatable bonds is 11. The zero-order valence-electron chi connectivity index (χ0n) is 37.9. The van der Waals surface area contributed by atoms with E-state index in [9.17, 15) is 47.6 Å². The molecule has 256 valence electrons. The molecule has 8 N–H and O–H groups in total. The zero-order chi connectivity index (χ0) is 32.3. The molecule has 0 heterocycles. The summed E-state index contributed by atoms with van der Waals surface area (Å²) in [6.45, 7) is 1.18. The Bertz CT molecular complexity index is 1180. The molecule has 0 aromatic rings. The molecule has 24 nitrogen and oxygen atoms in total. The van der Waals surface area contributed by atoms with Crippen molar-refractivity contribution in [2.45, 2.75) is 38.4 Å². The Balaban J connectivity index is -0.0000000298. The number of carbonyl (C=O) groups excluding carboxylic acids is 5. The maximum atomic E-state index is 12.4. The molecule has 0 radical (unpaired) electrons. The summed E-state index contributed by atoms with van der Waals surface area (Å²) in [4.78, 5) is 129. The Morgan fingerprint density at radius 2 is 0.960 bits per heavy atom. The molecule has 0 rings (SSSR count). The summed E-state index contributed by atoms with van der Waals surface area (Å²) in [5.41, 5.74) is -3.39. The number of phosphoric acid groups is 3. The molecule has 0 fully saturated rings. The number of ether oxygens (including phenoxy) is 4. The number of carbonyl (C=O) groups is 7. The van der Waals surface area contributed by atoms with Gasteiger partial charge in [0.15, 0.2) is 6.10 Å². The summed E-state index contributed by atoms with van der Waals surface area (Å²) in [5.74, 6) is -9.32. The van der Waals surface area contributed by atoms with Crippen molar-refractivity contribution in [3.05, 3.63) is 0 Å². The minimum atomic E-state index is -5.70. The van der Waals surface area contributed by atoms with E-state index in [4.69, 9.17) is 39.2 Å². The molecular formula is C13H29ClNa9O24P3. The molecule has 0 aromatic heterocycles. The third-order valence-electron chi connectivity index (χ3n) is 3.00. The minimum Gasteiger partial charge on any atom is -1.00 e. The molecule has 0 bridgehead atoms. The molecule has 50 heavy (non-hydrogen) atoms. The van der Waals surface area contributed by atoms with Crippen molar-refractivity contribution in [2.24, 2.45) is 0 Å². The summed E-state index contributed by atoms with van der Waals surface area (Å²) < 4.78 is 54.8. The van der Waals surface area contributed by atoms with Crippen LogP contribution in [0.2, 0.25) is 0 Å². The topological polar surface area (TPSA) is 388 Å². The maximum absolute atomic E-state index is 12.4. The van der Waals surface area contributed by atoms with Crippen molar-refractivity contribution >= 4 is 78.0 Å². The van der Waals surface area contributed by atoms with Gasteiger partial charge in [-0.15, -0.1) is 12.4 Å². The number of esters is 5. The summed E-state index contributed by atoms with van der Waals surface area (Å²) in [6, 6.07) is 0. The first-order valence-corrected chi connectivity index (χ1v) is 13.7. The molecule has 0 aliphatic carbocycles. The number of carboxylic acid groups (broad SMARTS) is 2. The van der Waals surface area contributed by atoms with Crippen LogP contribution in [0, 0.1) is 0 Å². The third-order valence-corrected chi connectivity index (χ3v) is 5.26. The Kier molecular flexibility index (Phi) is 73.4. The van der Waals surface area contributed by atoms with E-state index in [1.165, 1.54) is 0 Å². The molecule has 0 aliphatic heterocycles. The van der Waals surface area contributed by atoms with Gasteiger partial charge in [-0.25, -0.2) is 32.9 Å². The zero-order valence-corrected chi connectivity index (χ0v) is 50.4. The largest absolute Gasteiger partial charge is 1.00 e. The van der Waals surface area contributed by atoms with Crippen LogP contribution in [-0.4, -0.2) is 93.4 Å². The van der Waals surface area contributed by atoms with E-state index in [1.807, 2.05) is 0 Å². The van der Waals surface area contributed by atoms with Gasteiger partial charge in [0.2, 0.25) is 5.60 Å². The molecule has 0 saturated heterocycles. The molecular weight excluding hydrogens is 875 g/mol. The monoisotopic (exact) mass is 904 g/mol. The molecule has 0 saturated carbocycles. The van der Waals surface area contributed by atoms with Gasteiger partial charge in [-0.2, -0.15) is 4.31 Å². The van der Waals surface area contributed by atoms with Gasteiger partial charge in [-0.05, 0) is 6.92 Å². The molecule has 2 atom stereocenters. The van der Waals surface area contributed by atoms with E-state index in [-0.39, 0.29) is 291 Å². The van der Waals surface area contributed by atoms with Crippen LogP contribution in [0.4, 0.5) is 9.59 Å². The fourth-order valence-corrected chi connectivity index (χ4v) is 3.66. The maximum Gasteiger partial charge on any atom is 1.00 e. The van der Waals surface area contributed by atoms with Crippen LogP contribution in [0.3, 0.4) is 0 Å². The van der Waals surface area contributed by atoms with E-state index in [1.54, 1.807) is 0 Å². The van der Waals surface area contributed by atoms with Crippen molar-refractivity contribution < 1.29 is 393 Å². The van der Waals surface area contributed by atoms with Crippen LogP contribution < -0.4 is 266 Å². The standard InChI is InChI=1S/C13H16O20P2.ClH.9Na.H3O4P.9H/c1-5(32-35(26,27)33-34(23,24)25)9(17)31-13(10(18)28-6(2)14,3-7(15)29-11(19)20)4-8(16)30-12(21)22;;;;;;;;;;;1-5(2,3)4;;;;;;;;;/h5H,3-4H2,1-2H3,(H,19,20)(H,21,22)(H,26,27)(H2,23,24,25);1H;;;;;;;;;;(H3,1,2,3,4);;;;;;;;;/q;;9*+1;;9*-1. The summed E-state index contributed by atoms with van der Waals surface area (Å²) in [7, 11) is -16.0. The minimum absolute atomic E-state index is 0. The first-order valence-electron chi connectivity index (χ1n) is 9.07. The Morgan fingerprint density at radius 3 is 1.20 bits per heavy atom. The van der Waals surface area contributed by atoms with E-state index < -0.39 is 90.2 Å². The summed E-state index contributed by atoms with van der Waals surface area (Å²) in [6.07, 6.45) is -10.4. The number of halogens is 1. The predicted octanol–water partition coefficient (Wildman–Crippen LogP) is -27.3. The van der Waals surface area contributed by atoms with Gasteiger partial charge in [-0.3, -0.25) is 18.9 Å². The normalized spacial score (nSPS) is 11.0. The fourth-order valence-electron chi connectivity index (χ4n) is 1.95. The van der Waals surface area contributed by atoms with Crippen LogP contribution in [-0.2, 0) is 65.4 Å². The average Bonchev–Trinajstić information content (AvgIpc) is 2.61. The van der Waals surface area contributed by atoms with Crippen molar-refractivity contribution in [3.8, 4) is 0 Å². The summed E-state index contributed by atoms with van der Waals surface area (Å²) >= 11 is 0. The van der Waals surface area contributed by atoms with Gasteiger partial charge in [-0.1, -0.05) is 0 Å². The van der Waals surface area contributed by atoms with Crippen LogP contribution in [0.25, 0.3) is 0 Å². The fraction of sp³-hybridized carbons (Fsp3) is 0.462. The molecule has 37 heteroatoms. The van der Waals surface area contributed by atoms with Crippen molar-refractivity contribution in [3.63, 3.8) is 0 Å². The smallest absolute Gasteiger partial charge is 1.00 e. The second-order valence-electron chi connectivity index (χ2n) is 6.43. The van der Waals surface area contributed by atoms with E-state index >= 15 is 0 Å².